The molecule has 5 heteroatoms. The topological polar surface area (TPSA) is 72.5 Å². The predicted octanol–water partition coefficient (Wildman–Crippen LogP) is 2.90. The first-order valence-corrected chi connectivity index (χ1v) is 7.52. The normalized spacial score (nSPS) is 18.1. The van der Waals surface area contributed by atoms with Crippen molar-refractivity contribution in [3.63, 3.8) is 0 Å². The van der Waals surface area contributed by atoms with Crippen LogP contribution in [0.4, 0.5) is 4.79 Å². The number of Topliss-reactive ketones (excluding diaryl/α,β-unsaturated/α-hetero) is 2. The highest BCUT2D eigenvalue weighted by Gasteiger charge is 2.37. The van der Waals surface area contributed by atoms with Crippen molar-refractivity contribution in [1.29, 1.82) is 0 Å². The minimum absolute atomic E-state index is 0.164. The van der Waals surface area contributed by atoms with E-state index in [0.717, 1.165) is 5.56 Å². The van der Waals surface area contributed by atoms with Gasteiger partial charge in [-0.2, -0.15) is 0 Å². The van der Waals surface area contributed by atoms with Gasteiger partial charge in [0.1, 0.15) is 5.60 Å². The largest absolute Gasteiger partial charge is 0.444 e. The molecule has 1 atom stereocenters. The van der Waals surface area contributed by atoms with Crippen LogP contribution >= 0.6 is 0 Å². The maximum Gasteiger partial charge on any atom is 0.408 e. The molecular formula is C18H21NO4. The van der Waals surface area contributed by atoms with Crippen LogP contribution in [0, 0.1) is 0 Å². The van der Waals surface area contributed by atoms with Gasteiger partial charge in [0.15, 0.2) is 11.6 Å². The van der Waals surface area contributed by atoms with Crippen molar-refractivity contribution in [2.24, 2.45) is 0 Å². The lowest BCUT2D eigenvalue weighted by molar-refractivity contribution is -0.121. The average Bonchev–Trinajstić information content (AvgIpc) is 2.75. The first kappa shape index (κ1) is 16.9. The highest BCUT2D eigenvalue weighted by Crippen LogP contribution is 2.32. The van der Waals surface area contributed by atoms with Crippen molar-refractivity contribution in [1.82, 2.24) is 5.32 Å². The molecule has 0 radical (unpaired) electrons. The molecule has 1 N–H and O–H groups in total. The molecule has 1 aliphatic rings. The minimum atomic E-state index is -0.765. The number of hydrogen-bond acceptors (Lipinski definition) is 4. The molecule has 0 spiro atoms. The predicted molar refractivity (Wildman–Crippen MR) is 86.8 cm³/mol. The number of rotatable bonds is 3. The second kappa shape index (κ2) is 6.36. The average molecular weight is 315 g/mol. The molecule has 0 aliphatic heterocycles. The van der Waals surface area contributed by atoms with Crippen LogP contribution in [0.5, 0.6) is 0 Å². The molecule has 0 aromatic heterocycles. The second-order valence-electron chi connectivity index (χ2n) is 6.54. The van der Waals surface area contributed by atoms with Crippen molar-refractivity contribution >= 4 is 23.2 Å². The number of nitrogens with one attached hydrogen (secondary N) is 1. The van der Waals surface area contributed by atoms with Crippen LogP contribution in [0.2, 0.25) is 0 Å². The van der Waals surface area contributed by atoms with Crippen LogP contribution < -0.4 is 5.32 Å². The number of ether oxygens (including phenoxy) is 1. The highest BCUT2D eigenvalue weighted by molar-refractivity contribution is 6.29. The first-order valence-electron chi connectivity index (χ1n) is 7.52. The van der Waals surface area contributed by atoms with E-state index in [2.05, 4.69) is 5.32 Å². The van der Waals surface area contributed by atoms with Gasteiger partial charge in [0, 0.05) is 6.42 Å². The van der Waals surface area contributed by atoms with Gasteiger partial charge in [0.25, 0.3) is 0 Å². The summed E-state index contributed by atoms with van der Waals surface area (Å²) < 4.78 is 5.18. The van der Waals surface area contributed by atoms with Crippen molar-refractivity contribution in [2.75, 3.05) is 0 Å². The molecule has 23 heavy (non-hydrogen) atoms. The SMILES string of the molecule is CC(=O)C1=C(c2ccccc2)C[C@H](NC(=O)OC(C)(C)C)C1=O. The van der Waals surface area contributed by atoms with Crippen LogP contribution in [0.3, 0.4) is 0 Å². The Balaban J connectivity index is 2.22. The number of hydrogen-bond donors (Lipinski definition) is 1. The van der Waals surface area contributed by atoms with Crippen LogP contribution in [-0.4, -0.2) is 29.3 Å². The maximum absolute atomic E-state index is 12.5. The van der Waals surface area contributed by atoms with Crippen LogP contribution in [0.15, 0.2) is 35.9 Å². The van der Waals surface area contributed by atoms with E-state index in [9.17, 15) is 14.4 Å². The number of ketones is 2. The van der Waals surface area contributed by atoms with Crippen molar-refractivity contribution < 1.29 is 19.1 Å². The van der Waals surface area contributed by atoms with Gasteiger partial charge in [-0.3, -0.25) is 9.59 Å². The summed E-state index contributed by atoms with van der Waals surface area (Å²) in [6.07, 6.45) is -0.371. The fourth-order valence-electron chi connectivity index (χ4n) is 2.58. The Morgan fingerprint density at radius 3 is 2.30 bits per heavy atom. The van der Waals surface area contributed by atoms with E-state index in [0.29, 0.717) is 5.57 Å². The molecule has 5 nitrogen and oxygen atoms in total. The summed E-state index contributed by atoms with van der Waals surface area (Å²) in [7, 11) is 0. The fraction of sp³-hybridized carbons (Fsp3) is 0.389. The minimum Gasteiger partial charge on any atom is -0.444 e. The lowest BCUT2D eigenvalue weighted by Crippen LogP contribution is -2.42. The Hall–Kier alpha value is -2.43. The van der Waals surface area contributed by atoms with Gasteiger partial charge >= 0.3 is 6.09 Å². The van der Waals surface area contributed by atoms with E-state index in [4.69, 9.17) is 4.74 Å². The lowest BCUT2D eigenvalue weighted by Gasteiger charge is -2.21. The van der Waals surface area contributed by atoms with Gasteiger partial charge in [-0.05, 0) is 38.8 Å². The molecule has 0 saturated carbocycles. The number of carbonyl (C=O) groups is 3. The highest BCUT2D eigenvalue weighted by atomic mass is 16.6. The van der Waals surface area contributed by atoms with Gasteiger partial charge in [-0.1, -0.05) is 30.3 Å². The standard InChI is InChI=1S/C18H21NO4/c1-11(20)15-13(12-8-6-5-7-9-12)10-14(16(15)21)19-17(22)23-18(2,3)4/h5-9,14H,10H2,1-4H3,(H,19,22)/t14-/m0/s1. The summed E-state index contributed by atoms with van der Waals surface area (Å²) in [5, 5.41) is 2.57. The third-order valence-corrected chi connectivity index (χ3v) is 3.44. The number of benzene rings is 1. The number of carbonyl (C=O) groups excluding carboxylic acids is 3. The smallest absolute Gasteiger partial charge is 0.408 e. The van der Waals surface area contributed by atoms with E-state index in [1.807, 2.05) is 30.3 Å². The monoisotopic (exact) mass is 315 g/mol. The van der Waals surface area contributed by atoms with Crippen LogP contribution in [0.1, 0.15) is 39.7 Å². The van der Waals surface area contributed by atoms with Gasteiger partial charge < -0.3 is 10.1 Å². The molecule has 1 aromatic carbocycles. The molecule has 1 aromatic rings. The lowest BCUT2D eigenvalue weighted by atomic mass is 10.0. The third-order valence-electron chi connectivity index (χ3n) is 3.44. The molecule has 0 bridgehead atoms. The van der Waals surface area contributed by atoms with Crippen LogP contribution in [0.25, 0.3) is 5.57 Å². The summed E-state index contributed by atoms with van der Waals surface area (Å²) in [5.74, 6) is -0.649. The van der Waals surface area contributed by atoms with Crippen molar-refractivity contribution in [3.8, 4) is 0 Å². The van der Waals surface area contributed by atoms with Crippen molar-refractivity contribution in [3.05, 3.63) is 41.5 Å². The molecule has 0 fully saturated rings. The van der Waals surface area contributed by atoms with E-state index in [-0.39, 0.29) is 23.6 Å². The zero-order chi connectivity index (χ0) is 17.2. The molecule has 122 valence electrons. The molecule has 0 heterocycles. The van der Waals surface area contributed by atoms with Crippen LogP contribution in [-0.2, 0) is 14.3 Å². The Labute approximate surface area is 135 Å². The third kappa shape index (κ3) is 4.06. The molecule has 1 amide bonds. The Bertz CT molecular complexity index is 668. The first-order chi connectivity index (χ1) is 10.7. The Morgan fingerprint density at radius 1 is 1.17 bits per heavy atom. The fourth-order valence-corrected chi connectivity index (χ4v) is 2.58. The molecule has 2 rings (SSSR count). The molecule has 0 saturated heterocycles. The summed E-state index contributed by atoms with van der Waals surface area (Å²) in [6.45, 7) is 6.61. The Morgan fingerprint density at radius 2 is 1.78 bits per heavy atom. The van der Waals surface area contributed by atoms with Gasteiger partial charge in [0.2, 0.25) is 0 Å². The summed E-state index contributed by atoms with van der Waals surface area (Å²) >= 11 is 0. The summed E-state index contributed by atoms with van der Waals surface area (Å²) in [5.41, 5.74) is 1.01. The molecule has 1 aliphatic carbocycles. The van der Waals surface area contributed by atoms with Gasteiger partial charge in [-0.25, -0.2) is 4.79 Å². The van der Waals surface area contributed by atoms with Gasteiger partial charge in [0.05, 0.1) is 11.6 Å². The zero-order valence-corrected chi connectivity index (χ0v) is 13.8. The maximum atomic E-state index is 12.5. The van der Waals surface area contributed by atoms with E-state index >= 15 is 0 Å². The quantitative estimate of drug-likeness (QED) is 0.871. The Kier molecular flexibility index (Phi) is 4.68. The molecule has 0 unspecified atom stereocenters. The number of amides is 1. The zero-order valence-electron chi connectivity index (χ0n) is 13.8. The summed E-state index contributed by atoms with van der Waals surface area (Å²) in [6, 6.07) is 8.49. The van der Waals surface area contributed by atoms with E-state index < -0.39 is 17.7 Å². The van der Waals surface area contributed by atoms with Crippen molar-refractivity contribution in [2.45, 2.75) is 45.8 Å². The number of alkyl carbamates (subject to hydrolysis) is 1. The van der Waals surface area contributed by atoms with Gasteiger partial charge in [-0.15, -0.1) is 0 Å². The van der Waals surface area contributed by atoms with E-state index in [1.165, 1.54) is 6.92 Å². The summed E-state index contributed by atoms with van der Waals surface area (Å²) in [4.78, 5) is 36.3. The second-order valence-corrected chi connectivity index (χ2v) is 6.54. The molecular weight excluding hydrogens is 294 g/mol. The van der Waals surface area contributed by atoms with E-state index in [1.54, 1.807) is 20.8 Å².